The average Bonchev–Trinajstić information content (AvgIpc) is 2.98. The van der Waals surface area contributed by atoms with E-state index in [1.165, 1.54) is 0 Å². The van der Waals surface area contributed by atoms with Gasteiger partial charge in [-0.3, -0.25) is 4.79 Å². The van der Waals surface area contributed by atoms with Crippen molar-refractivity contribution in [1.29, 1.82) is 5.26 Å². The third-order valence-electron chi connectivity index (χ3n) is 3.23. The van der Waals surface area contributed by atoms with E-state index in [2.05, 4.69) is 6.07 Å². The zero-order valence-corrected chi connectivity index (χ0v) is 11.9. The van der Waals surface area contributed by atoms with Crippen molar-refractivity contribution in [2.45, 2.75) is 19.9 Å². The summed E-state index contributed by atoms with van der Waals surface area (Å²) in [7, 11) is 0. The summed E-state index contributed by atoms with van der Waals surface area (Å²) < 4.78 is 5.27. The Morgan fingerprint density at radius 1 is 1.43 bits per heavy atom. The molecule has 1 heterocycles. The van der Waals surface area contributed by atoms with E-state index in [-0.39, 0.29) is 12.3 Å². The maximum Gasteiger partial charge on any atom is 0.254 e. The van der Waals surface area contributed by atoms with E-state index in [4.69, 9.17) is 15.4 Å². The lowest BCUT2D eigenvalue weighted by atomic mass is 10.1. The summed E-state index contributed by atoms with van der Waals surface area (Å²) in [5, 5.41) is 8.74. The van der Waals surface area contributed by atoms with Gasteiger partial charge in [-0.1, -0.05) is 6.07 Å². The molecule has 0 aliphatic carbocycles. The molecule has 0 aliphatic heterocycles. The monoisotopic (exact) mass is 283 g/mol. The molecule has 2 rings (SSSR count). The summed E-state index contributed by atoms with van der Waals surface area (Å²) in [4.78, 5) is 14.1. The van der Waals surface area contributed by atoms with Crippen LogP contribution in [-0.2, 0) is 6.54 Å². The van der Waals surface area contributed by atoms with Crippen LogP contribution in [0.15, 0.2) is 41.0 Å². The van der Waals surface area contributed by atoms with Crippen molar-refractivity contribution in [1.82, 2.24) is 4.90 Å². The highest BCUT2D eigenvalue weighted by Crippen LogP contribution is 2.16. The summed E-state index contributed by atoms with van der Waals surface area (Å²) >= 11 is 0. The third kappa shape index (κ3) is 3.63. The molecule has 1 aromatic carbocycles. The number of amides is 1. The summed E-state index contributed by atoms with van der Waals surface area (Å²) in [6.45, 7) is 2.57. The summed E-state index contributed by atoms with van der Waals surface area (Å²) in [5.41, 5.74) is 7.88. The number of rotatable bonds is 5. The molecule has 21 heavy (non-hydrogen) atoms. The number of nitrogens with zero attached hydrogens (tertiary/aromatic N) is 2. The van der Waals surface area contributed by atoms with Crippen LogP contribution in [0.5, 0.6) is 0 Å². The first-order valence-corrected chi connectivity index (χ1v) is 6.66. The maximum atomic E-state index is 12.6. The molecule has 0 saturated heterocycles. The highest BCUT2D eigenvalue weighted by molar-refractivity contribution is 5.95. The van der Waals surface area contributed by atoms with Gasteiger partial charge in [0.05, 0.1) is 25.3 Å². The molecular formula is C16H17N3O2. The number of carbonyl (C=O) groups excluding carboxylic acids is 1. The first-order valence-electron chi connectivity index (χ1n) is 6.66. The Balaban J connectivity index is 2.20. The van der Waals surface area contributed by atoms with Gasteiger partial charge in [-0.15, -0.1) is 0 Å². The predicted octanol–water partition coefficient (Wildman–Crippen LogP) is 2.73. The topological polar surface area (TPSA) is 83.3 Å². The van der Waals surface area contributed by atoms with E-state index in [9.17, 15) is 4.79 Å². The second kappa shape index (κ2) is 6.62. The van der Waals surface area contributed by atoms with Crippen LogP contribution in [0.4, 0.5) is 5.69 Å². The number of benzene rings is 1. The first kappa shape index (κ1) is 14.7. The molecule has 108 valence electrons. The molecule has 2 N–H and O–H groups in total. The Hall–Kier alpha value is -2.74. The van der Waals surface area contributed by atoms with Crippen LogP contribution < -0.4 is 5.73 Å². The van der Waals surface area contributed by atoms with E-state index in [1.54, 1.807) is 35.4 Å². The van der Waals surface area contributed by atoms with E-state index in [0.717, 1.165) is 5.56 Å². The fraction of sp³-hybridized carbons (Fsp3) is 0.250. The van der Waals surface area contributed by atoms with Crippen LogP contribution in [0.25, 0.3) is 0 Å². The Kier molecular flexibility index (Phi) is 4.62. The van der Waals surface area contributed by atoms with E-state index in [0.29, 0.717) is 30.1 Å². The number of furan rings is 1. The quantitative estimate of drug-likeness (QED) is 0.855. The molecule has 0 radical (unpaired) electrons. The van der Waals surface area contributed by atoms with Crippen LogP contribution in [0.2, 0.25) is 0 Å². The molecule has 0 spiro atoms. The van der Waals surface area contributed by atoms with Gasteiger partial charge in [0, 0.05) is 17.8 Å². The van der Waals surface area contributed by atoms with Gasteiger partial charge in [0.1, 0.15) is 5.76 Å². The molecule has 0 unspecified atom stereocenters. The van der Waals surface area contributed by atoms with E-state index < -0.39 is 0 Å². The second-order valence-corrected chi connectivity index (χ2v) is 4.79. The number of hydrogen-bond acceptors (Lipinski definition) is 4. The lowest BCUT2D eigenvalue weighted by Crippen LogP contribution is -2.31. The van der Waals surface area contributed by atoms with Gasteiger partial charge in [-0.2, -0.15) is 5.26 Å². The lowest BCUT2D eigenvalue weighted by Gasteiger charge is -2.21. The van der Waals surface area contributed by atoms with Crippen LogP contribution in [0, 0.1) is 18.3 Å². The molecule has 5 nitrogen and oxygen atoms in total. The number of nitriles is 1. The molecular weight excluding hydrogens is 266 g/mol. The average molecular weight is 283 g/mol. The highest BCUT2D eigenvalue weighted by Gasteiger charge is 2.17. The van der Waals surface area contributed by atoms with E-state index in [1.807, 2.05) is 13.0 Å². The van der Waals surface area contributed by atoms with Crippen LogP contribution in [-0.4, -0.2) is 17.4 Å². The van der Waals surface area contributed by atoms with Crippen molar-refractivity contribution in [2.24, 2.45) is 0 Å². The largest absolute Gasteiger partial charge is 0.467 e. The normalized spacial score (nSPS) is 10.1. The van der Waals surface area contributed by atoms with E-state index >= 15 is 0 Å². The minimum absolute atomic E-state index is 0.159. The number of nitrogen functional groups attached to an aromatic ring is 1. The van der Waals surface area contributed by atoms with Gasteiger partial charge in [-0.05, 0) is 36.8 Å². The molecule has 0 saturated carbocycles. The molecule has 1 aromatic heterocycles. The van der Waals surface area contributed by atoms with Gasteiger partial charge in [0.2, 0.25) is 0 Å². The summed E-state index contributed by atoms with van der Waals surface area (Å²) in [6.07, 6.45) is 1.83. The minimum Gasteiger partial charge on any atom is -0.467 e. The van der Waals surface area contributed by atoms with Crippen LogP contribution >= 0.6 is 0 Å². The zero-order valence-electron chi connectivity index (χ0n) is 11.9. The minimum atomic E-state index is -0.159. The maximum absolute atomic E-state index is 12.6. The van der Waals surface area contributed by atoms with Crippen molar-refractivity contribution in [3.05, 3.63) is 53.5 Å². The summed E-state index contributed by atoms with van der Waals surface area (Å²) in [6, 6.07) is 10.9. The SMILES string of the molecule is Cc1ccc(C(=O)N(CCC#N)Cc2ccco2)cc1N. The Morgan fingerprint density at radius 2 is 2.24 bits per heavy atom. The number of hydrogen-bond donors (Lipinski definition) is 1. The fourth-order valence-electron chi connectivity index (χ4n) is 1.98. The standard InChI is InChI=1S/C16H17N3O2/c1-12-5-6-13(10-15(12)18)16(20)19(8-3-7-17)11-14-4-2-9-21-14/h2,4-6,9-10H,3,8,11,18H2,1H3. The van der Waals surface area contributed by atoms with Crippen LogP contribution in [0.3, 0.4) is 0 Å². The second-order valence-electron chi connectivity index (χ2n) is 4.79. The number of nitrogens with two attached hydrogens (primary N) is 1. The fourth-order valence-corrected chi connectivity index (χ4v) is 1.98. The smallest absolute Gasteiger partial charge is 0.254 e. The molecule has 5 heteroatoms. The molecule has 1 amide bonds. The van der Waals surface area contributed by atoms with Crippen molar-refractivity contribution in [3.8, 4) is 6.07 Å². The molecule has 0 aliphatic rings. The van der Waals surface area contributed by atoms with Gasteiger partial charge >= 0.3 is 0 Å². The highest BCUT2D eigenvalue weighted by atomic mass is 16.3. The van der Waals surface area contributed by atoms with Crippen LogP contribution in [0.1, 0.15) is 28.1 Å². The lowest BCUT2D eigenvalue weighted by molar-refractivity contribution is 0.0735. The van der Waals surface area contributed by atoms with Gasteiger partial charge in [0.15, 0.2) is 0 Å². The summed E-state index contributed by atoms with van der Waals surface area (Å²) in [5.74, 6) is 0.523. The van der Waals surface area contributed by atoms with Gasteiger partial charge in [0.25, 0.3) is 5.91 Å². The molecule has 0 fully saturated rings. The van der Waals surface area contributed by atoms with Crippen molar-refractivity contribution >= 4 is 11.6 Å². The number of carbonyl (C=O) groups is 1. The Labute approximate surface area is 123 Å². The van der Waals surface area contributed by atoms with Crippen molar-refractivity contribution in [3.63, 3.8) is 0 Å². The Morgan fingerprint density at radius 3 is 2.86 bits per heavy atom. The van der Waals surface area contributed by atoms with Gasteiger partial charge in [-0.25, -0.2) is 0 Å². The zero-order chi connectivity index (χ0) is 15.2. The molecule has 0 atom stereocenters. The Bertz CT molecular complexity index is 657. The molecule has 0 bridgehead atoms. The third-order valence-corrected chi connectivity index (χ3v) is 3.23. The molecule has 2 aromatic rings. The van der Waals surface area contributed by atoms with Crippen molar-refractivity contribution in [2.75, 3.05) is 12.3 Å². The predicted molar refractivity (Wildman–Crippen MR) is 79.3 cm³/mol. The van der Waals surface area contributed by atoms with Gasteiger partial charge < -0.3 is 15.1 Å². The number of aryl methyl sites for hydroxylation is 1. The number of anilines is 1. The van der Waals surface area contributed by atoms with Crippen molar-refractivity contribution < 1.29 is 9.21 Å². The first-order chi connectivity index (χ1) is 10.1.